The Morgan fingerprint density at radius 1 is 1.35 bits per heavy atom. The van der Waals surface area contributed by atoms with Crippen LogP contribution in [0.15, 0.2) is 4.99 Å². The van der Waals surface area contributed by atoms with Crippen LogP contribution in [0.4, 0.5) is 4.79 Å². The molecule has 0 aromatic carbocycles. The van der Waals surface area contributed by atoms with Crippen LogP contribution in [-0.2, 0) is 4.74 Å². The molecule has 0 aliphatic rings. The van der Waals surface area contributed by atoms with Gasteiger partial charge in [-0.15, -0.1) is 24.0 Å². The molecule has 0 heterocycles. The number of rotatable bonds is 5. The maximum absolute atomic E-state index is 11.7. The van der Waals surface area contributed by atoms with E-state index in [0.29, 0.717) is 12.5 Å². The molecule has 0 aromatic heterocycles. The predicted octanol–water partition coefficient (Wildman–Crippen LogP) is 2.09. The molecule has 0 spiro atoms. The van der Waals surface area contributed by atoms with Crippen molar-refractivity contribution >= 4 is 36.0 Å². The van der Waals surface area contributed by atoms with Gasteiger partial charge in [0.2, 0.25) is 0 Å². The zero-order valence-corrected chi connectivity index (χ0v) is 15.7. The Balaban J connectivity index is 0. The minimum atomic E-state index is -0.477. The first-order chi connectivity index (χ1) is 8.82. The van der Waals surface area contributed by atoms with E-state index in [1.807, 2.05) is 20.8 Å². The van der Waals surface area contributed by atoms with Crippen molar-refractivity contribution in [2.24, 2.45) is 4.99 Å². The van der Waals surface area contributed by atoms with Crippen LogP contribution in [0.1, 0.15) is 40.5 Å². The van der Waals surface area contributed by atoms with Gasteiger partial charge in [0.25, 0.3) is 0 Å². The number of amides is 1. The molecule has 20 heavy (non-hydrogen) atoms. The lowest BCUT2D eigenvalue weighted by Crippen LogP contribution is -2.47. The van der Waals surface area contributed by atoms with Crippen molar-refractivity contribution in [1.29, 1.82) is 0 Å². The summed E-state index contributed by atoms with van der Waals surface area (Å²) in [5, 5.41) is 8.95. The number of alkyl carbamates (subject to hydrolysis) is 1. The second-order valence-corrected chi connectivity index (χ2v) is 5.33. The number of carbonyl (C=O) groups excluding carboxylic acids is 1. The van der Waals surface area contributed by atoms with E-state index in [1.54, 1.807) is 14.1 Å². The van der Waals surface area contributed by atoms with Crippen molar-refractivity contribution < 1.29 is 9.53 Å². The number of ether oxygens (including phenoxy) is 1. The quantitative estimate of drug-likeness (QED) is 0.375. The number of aliphatic imine (C=N–C) groups is 1. The van der Waals surface area contributed by atoms with E-state index in [2.05, 4.69) is 27.9 Å². The summed E-state index contributed by atoms with van der Waals surface area (Å²) in [6.45, 7) is 8.24. The zero-order chi connectivity index (χ0) is 14.9. The topological polar surface area (TPSA) is 74.8 Å². The number of carbonyl (C=O) groups is 1. The normalized spacial score (nSPS) is 13.0. The fourth-order valence-corrected chi connectivity index (χ4v) is 1.55. The molecular weight excluding hydrogens is 371 g/mol. The van der Waals surface area contributed by atoms with Gasteiger partial charge in [-0.2, -0.15) is 0 Å². The Morgan fingerprint density at radius 2 is 1.95 bits per heavy atom. The van der Waals surface area contributed by atoms with Gasteiger partial charge in [0.1, 0.15) is 5.60 Å². The third-order valence-corrected chi connectivity index (χ3v) is 2.33. The van der Waals surface area contributed by atoms with Gasteiger partial charge in [-0.1, -0.05) is 13.3 Å². The van der Waals surface area contributed by atoms with Crippen LogP contribution in [0.3, 0.4) is 0 Å². The van der Waals surface area contributed by atoms with Gasteiger partial charge in [-0.25, -0.2) is 4.79 Å². The second kappa shape index (κ2) is 11.0. The molecule has 0 saturated heterocycles. The minimum absolute atomic E-state index is 0. The average Bonchev–Trinajstić information content (AvgIpc) is 2.27. The van der Waals surface area contributed by atoms with Gasteiger partial charge in [0.15, 0.2) is 5.96 Å². The van der Waals surface area contributed by atoms with Crippen molar-refractivity contribution in [1.82, 2.24) is 16.0 Å². The van der Waals surface area contributed by atoms with Gasteiger partial charge in [-0.3, -0.25) is 4.99 Å². The van der Waals surface area contributed by atoms with Crippen molar-refractivity contribution in [3.05, 3.63) is 0 Å². The van der Waals surface area contributed by atoms with Crippen molar-refractivity contribution in [2.75, 3.05) is 20.6 Å². The van der Waals surface area contributed by atoms with Crippen LogP contribution in [-0.4, -0.2) is 44.3 Å². The van der Waals surface area contributed by atoms with Crippen molar-refractivity contribution in [3.8, 4) is 0 Å². The van der Waals surface area contributed by atoms with Crippen LogP contribution in [0, 0.1) is 0 Å². The molecule has 1 unspecified atom stereocenters. The number of halogens is 1. The monoisotopic (exact) mass is 400 g/mol. The molecule has 6 nitrogen and oxygen atoms in total. The lowest BCUT2D eigenvalue weighted by atomic mass is 10.1. The molecule has 0 radical (unpaired) electrons. The van der Waals surface area contributed by atoms with E-state index in [0.717, 1.165) is 12.8 Å². The Labute approximate surface area is 139 Å². The number of nitrogens with one attached hydrogen (secondary N) is 3. The smallest absolute Gasteiger partial charge is 0.407 e. The second-order valence-electron chi connectivity index (χ2n) is 5.33. The fourth-order valence-electron chi connectivity index (χ4n) is 1.55. The highest BCUT2D eigenvalue weighted by Gasteiger charge is 2.19. The Hall–Kier alpha value is -0.730. The summed E-state index contributed by atoms with van der Waals surface area (Å²) in [4.78, 5) is 15.7. The summed E-state index contributed by atoms with van der Waals surface area (Å²) < 4.78 is 5.25. The first-order valence-electron chi connectivity index (χ1n) is 6.70. The molecule has 0 bridgehead atoms. The van der Waals surface area contributed by atoms with Gasteiger partial charge >= 0.3 is 6.09 Å². The highest BCUT2D eigenvalue weighted by molar-refractivity contribution is 14.0. The van der Waals surface area contributed by atoms with E-state index in [4.69, 9.17) is 4.74 Å². The Bertz CT molecular complexity index is 303. The van der Waals surface area contributed by atoms with E-state index in [-0.39, 0.29) is 36.1 Å². The third kappa shape index (κ3) is 11.1. The van der Waals surface area contributed by atoms with Crippen LogP contribution < -0.4 is 16.0 Å². The summed E-state index contributed by atoms with van der Waals surface area (Å²) in [5.74, 6) is 0.701. The number of guanidine groups is 1. The van der Waals surface area contributed by atoms with E-state index >= 15 is 0 Å². The van der Waals surface area contributed by atoms with Crippen molar-refractivity contribution in [2.45, 2.75) is 52.2 Å². The third-order valence-electron chi connectivity index (χ3n) is 2.33. The summed E-state index contributed by atoms with van der Waals surface area (Å²) in [6, 6.07) is 0.0185. The lowest BCUT2D eigenvalue weighted by molar-refractivity contribution is 0.0502. The standard InChI is InChI=1S/C13H28N4O2.HI/c1-7-8-10(9-16-11(14-5)15-6)17-12(18)19-13(2,3)4;/h10H,7-9H2,1-6H3,(H,17,18)(H2,14,15,16);1H. The SMILES string of the molecule is CCCC(CNC(=NC)NC)NC(=O)OC(C)(C)C.I. The van der Waals surface area contributed by atoms with Crippen LogP contribution >= 0.6 is 24.0 Å². The molecule has 0 aliphatic carbocycles. The van der Waals surface area contributed by atoms with Gasteiger partial charge in [0, 0.05) is 26.7 Å². The molecule has 1 atom stereocenters. The average molecular weight is 400 g/mol. The Kier molecular flexibility index (Phi) is 11.8. The summed E-state index contributed by atoms with van der Waals surface area (Å²) >= 11 is 0. The van der Waals surface area contributed by atoms with E-state index in [1.165, 1.54) is 0 Å². The summed E-state index contributed by atoms with van der Waals surface area (Å²) in [6.07, 6.45) is 1.49. The van der Waals surface area contributed by atoms with Crippen LogP contribution in [0.25, 0.3) is 0 Å². The molecular formula is C13H29IN4O2. The highest BCUT2D eigenvalue weighted by atomic mass is 127. The Morgan fingerprint density at radius 3 is 2.35 bits per heavy atom. The van der Waals surface area contributed by atoms with Gasteiger partial charge in [-0.05, 0) is 27.2 Å². The molecule has 0 aliphatic heterocycles. The number of nitrogens with zero attached hydrogens (tertiary/aromatic N) is 1. The van der Waals surface area contributed by atoms with Crippen molar-refractivity contribution in [3.63, 3.8) is 0 Å². The molecule has 0 saturated carbocycles. The number of hydrogen-bond donors (Lipinski definition) is 3. The first-order valence-corrected chi connectivity index (χ1v) is 6.70. The maximum Gasteiger partial charge on any atom is 0.407 e. The first kappa shape index (κ1) is 21.6. The van der Waals surface area contributed by atoms with Gasteiger partial charge in [0.05, 0.1) is 0 Å². The molecule has 3 N–H and O–H groups in total. The van der Waals surface area contributed by atoms with Gasteiger partial charge < -0.3 is 20.7 Å². The highest BCUT2D eigenvalue weighted by Crippen LogP contribution is 2.07. The molecule has 0 rings (SSSR count). The summed E-state index contributed by atoms with van der Waals surface area (Å²) in [5.41, 5.74) is -0.477. The zero-order valence-electron chi connectivity index (χ0n) is 13.4. The molecule has 7 heteroatoms. The molecule has 120 valence electrons. The predicted molar refractivity (Wildman–Crippen MR) is 93.9 cm³/mol. The fraction of sp³-hybridized carbons (Fsp3) is 0.846. The van der Waals surface area contributed by atoms with E-state index < -0.39 is 5.60 Å². The molecule has 1 amide bonds. The van der Waals surface area contributed by atoms with Crippen LogP contribution in [0.5, 0.6) is 0 Å². The molecule has 0 fully saturated rings. The number of hydrogen-bond acceptors (Lipinski definition) is 3. The lowest BCUT2D eigenvalue weighted by Gasteiger charge is -2.24. The van der Waals surface area contributed by atoms with Crippen LogP contribution in [0.2, 0.25) is 0 Å². The molecule has 0 aromatic rings. The maximum atomic E-state index is 11.7. The largest absolute Gasteiger partial charge is 0.444 e. The van der Waals surface area contributed by atoms with E-state index in [9.17, 15) is 4.79 Å². The summed E-state index contributed by atoms with van der Waals surface area (Å²) in [7, 11) is 3.50. The minimum Gasteiger partial charge on any atom is -0.444 e.